The monoisotopic (exact) mass is 572 g/mol. The summed E-state index contributed by atoms with van der Waals surface area (Å²) >= 11 is 0. The van der Waals surface area contributed by atoms with Crippen molar-refractivity contribution < 1.29 is 15.3 Å². The number of nitrogen functional groups attached to an aromatic ring is 4. The second kappa shape index (κ2) is 13.1. The molecule has 0 saturated carbocycles. The number of benzene rings is 3. The van der Waals surface area contributed by atoms with E-state index in [0.29, 0.717) is 29.5 Å². The van der Waals surface area contributed by atoms with Crippen LogP contribution in [0.15, 0.2) is 48.5 Å². The van der Waals surface area contributed by atoms with Gasteiger partial charge in [0.1, 0.15) is 40.6 Å². The Hall–Kier alpha value is -5.06. The number of rotatable bonds is 14. The fourth-order valence-electron chi connectivity index (χ4n) is 5.55. The van der Waals surface area contributed by atoms with E-state index in [1.165, 1.54) is 36.4 Å². The average Bonchev–Trinajstić information content (AvgIpc) is 2.93. The van der Waals surface area contributed by atoms with Crippen LogP contribution in [0.3, 0.4) is 0 Å². The van der Waals surface area contributed by atoms with E-state index < -0.39 is 17.1 Å². The van der Waals surface area contributed by atoms with E-state index in [0.717, 1.165) is 32.1 Å². The Bertz CT molecular complexity index is 1430. The van der Waals surface area contributed by atoms with Crippen molar-refractivity contribution in [2.75, 3.05) is 0 Å². The maximum Gasteiger partial charge on any atom is 0.127 e. The number of hydrogen-bond acceptors (Lipinski definition) is 7. The molecule has 42 heavy (non-hydrogen) atoms. The summed E-state index contributed by atoms with van der Waals surface area (Å²) in [7, 11) is 0. The summed E-state index contributed by atoms with van der Waals surface area (Å²) in [5, 5.41) is 64.8. The molecule has 0 aliphatic heterocycles. The molecule has 0 unspecified atom stereocenters. The van der Waals surface area contributed by atoms with Crippen LogP contribution < -0.4 is 22.9 Å². The van der Waals surface area contributed by atoms with Gasteiger partial charge in [0, 0.05) is 16.5 Å². The van der Waals surface area contributed by atoms with Crippen LogP contribution in [0.5, 0.6) is 17.2 Å². The quantitative estimate of drug-likeness (QED) is 0.0584. The number of phenolic OH excluding ortho intramolecular Hbond substituents is 3. The van der Waals surface area contributed by atoms with Gasteiger partial charge in [-0.3, -0.25) is 21.6 Å². The molecular formula is C31H40N8O3. The van der Waals surface area contributed by atoms with Crippen LogP contribution >= 0.6 is 0 Å². The van der Waals surface area contributed by atoms with Gasteiger partial charge in [-0.2, -0.15) is 0 Å². The standard InChI is InChI=1S/C31H40N8O3/c1-2-3-4-5-6-7-12-31(17-8-10-18(40)11-9-17,23-13-21(29(36)37)25(41)15-19(23)27(32)33)24-14-22(30(38)39)26(42)16-20(24)28(34)35/h8-11,13-16,40-42H,2-7,12H2,1H3,(H3,32,33)(H3,34,35)(H3,36,37)(H3,38,39). The fraction of sp³-hybridized carbons (Fsp3) is 0.290. The first-order valence-electron chi connectivity index (χ1n) is 13.8. The predicted octanol–water partition coefficient (Wildman–Crippen LogP) is 4.02. The van der Waals surface area contributed by atoms with E-state index in [1.54, 1.807) is 12.1 Å². The molecule has 0 aromatic heterocycles. The van der Waals surface area contributed by atoms with Gasteiger partial charge in [-0.05, 0) is 59.5 Å². The third kappa shape index (κ3) is 6.30. The molecule has 0 radical (unpaired) electrons. The number of nitrogens with two attached hydrogens (primary N) is 4. The minimum Gasteiger partial charge on any atom is -0.508 e. The lowest BCUT2D eigenvalue weighted by atomic mass is 9.63. The van der Waals surface area contributed by atoms with Gasteiger partial charge in [-0.15, -0.1) is 0 Å². The Morgan fingerprint density at radius 1 is 0.595 bits per heavy atom. The number of hydrogen-bond donors (Lipinski definition) is 11. The van der Waals surface area contributed by atoms with Gasteiger partial charge < -0.3 is 38.3 Å². The lowest BCUT2D eigenvalue weighted by Gasteiger charge is -2.39. The van der Waals surface area contributed by atoms with E-state index in [1.807, 2.05) is 0 Å². The zero-order valence-electron chi connectivity index (χ0n) is 23.7. The van der Waals surface area contributed by atoms with Crippen molar-refractivity contribution >= 4 is 23.3 Å². The summed E-state index contributed by atoms with van der Waals surface area (Å²) in [6.45, 7) is 2.14. The van der Waals surface area contributed by atoms with Gasteiger partial charge in [0.05, 0.1) is 11.1 Å². The van der Waals surface area contributed by atoms with E-state index in [-0.39, 0.29) is 51.2 Å². The van der Waals surface area contributed by atoms with Crippen LogP contribution in [-0.4, -0.2) is 38.7 Å². The normalized spacial score (nSPS) is 12.4. The number of aromatic hydroxyl groups is 3. The molecule has 3 aromatic carbocycles. The Morgan fingerprint density at radius 2 is 1.00 bits per heavy atom. The van der Waals surface area contributed by atoms with E-state index in [4.69, 9.17) is 44.6 Å². The molecule has 11 nitrogen and oxygen atoms in total. The van der Waals surface area contributed by atoms with Gasteiger partial charge in [-0.1, -0.05) is 57.6 Å². The van der Waals surface area contributed by atoms with Gasteiger partial charge in [0.15, 0.2) is 0 Å². The molecule has 0 aliphatic rings. The van der Waals surface area contributed by atoms with Gasteiger partial charge >= 0.3 is 0 Å². The molecule has 0 spiro atoms. The van der Waals surface area contributed by atoms with Crippen molar-refractivity contribution in [1.82, 2.24) is 0 Å². The second-order valence-electron chi connectivity index (χ2n) is 10.5. The van der Waals surface area contributed by atoms with Crippen LogP contribution in [0.4, 0.5) is 0 Å². The molecule has 11 heteroatoms. The molecule has 0 bridgehead atoms. The van der Waals surface area contributed by atoms with Crippen LogP contribution in [0.1, 0.15) is 90.8 Å². The number of amidine groups is 4. The topological polar surface area (TPSA) is 260 Å². The summed E-state index contributed by atoms with van der Waals surface area (Å²) in [5.41, 5.74) is 24.3. The fourth-order valence-corrected chi connectivity index (χ4v) is 5.55. The van der Waals surface area contributed by atoms with Crippen LogP contribution in [0.25, 0.3) is 0 Å². The smallest absolute Gasteiger partial charge is 0.127 e. The van der Waals surface area contributed by atoms with Crippen LogP contribution in [0, 0.1) is 21.6 Å². The van der Waals surface area contributed by atoms with E-state index in [9.17, 15) is 15.3 Å². The highest BCUT2D eigenvalue weighted by Crippen LogP contribution is 2.48. The predicted molar refractivity (Wildman–Crippen MR) is 166 cm³/mol. The largest absolute Gasteiger partial charge is 0.508 e. The van der Waals surface area contributed by atoms with Crippen molar-refractivity contribution in [3.63, 3.8) is 0 Å². The van der Waals surface area contributed by atoms with Gasteiger partial charge in [0.25, 0.3) is 0 Å². The third-order valence-electron chi connectivity index (χ3n) is 7.62. The van der Waals surface area contributed by atoms with Crippen molar-refractivity contribution in [1.29, 1.82) is 21.6 Å². The first-order chi connectivity index (χ1) is 19.8. The molecule has 0 aliphatic carbocycles. The number of nitrogens with one attached hydrogen (secondary N) is 4. The van der Waals surface area contributed by atoms with Gasteiger partial charge in [0.2, 0.25) is 0 Å². The SMILES string of the molecule is CCCCCCCCC(c1ccc(O)cc1)(c1cc(C(=N)N)c(O)cc1C(=N)N)c1cc(C(=N)N)c(O)cc1C(=N)N. The minimum atomic E-state index is -1.28. The first-order valence-corrected chi connectivity index (χ1v) is 13.8. The molecule has 15 N–H and O–H groups in total. The summed E-state index contributed by atoms with van der Waals surface area (Å²) in [6, 6.07) is 12.0. The van der Waals surface area contributed by atoms with Crippen molar-refractivity contribution in [2.24, 2.45) is 22.9 Å². The Balaban J connectivity index is 2.56. The summed E-state index contributed by atoms with van der Waals surface area (Å²) in [5.74, 6) is -2.21. The van der Waals surface area contributed by atoms with Crippen molar-refractivity contribution in [2.45, 2.75) is 57.3 Å². The lowest BCUT2D eigenvalue weighted by Crippen LogP contribution is -2.36. The number of phenols is 3. The highest BCUT2D eigenvalue weighted by atomic mass is 16.3. The summed E-state index contributed by atoms with van der Waals surface area (Å²) in [6.07, 6.45) is 6.10. The summed E-state index contributed by atoms with van der Waals surface area (Å²) < 4.78 is 0. The zero-order valence-corrected chi connectivity index (χ0v) is 23.7. The molecule has 0 amide bonds. The Labute approximate surface area is 245 Å². The molecular weight excluding hydrogens is 532 g/mol. The van der Waals surface area contributed by atoms with Crippen LogP contribution in [0.2, 0.25) is 0 Å². The molecule has 0 saturated heterocycles. The molecule has 0 fully saturated rings. The maximum atomic E-state index is 10.7. The van der Waals surface area contributed by atoms with Crippen LogP contribution in [-0.2, 0) is 5.41 Å². The average molecular weight is 573 g/mol. The summed E-state index contributed by atoms with van der Waals surface area (Å²) in [4.78, 5) is 0. The minimum absolute atomic E-state index is 0.0102. The second-order valence-corrected chi connectivity index (χ2v) is 10.5. The first kappa shape index (κ1) is 31.5. The highest BCUT2D eigenvalue weighted by molar-refractivity contribution is 6.05. The van der Waals surface area contributed by atoms with Gasteiger partial charge in [-0.25, -0.2) is 0 Å². The van der Waals surface area contributed by atoms with Crippen molar-refractivity contribution in [3.05, 3.63) is 87.5 Å². The molecule has 0 atom stereocenters. The third-order valence-corrected chi connectivity index (χ3v) is 7.62. The highest BCUT2D eigenvalue weighted by Gasteiger charge is 2.41. The van der Waals surface area contributed by atoms with Crippen molar-refractivity contribution in [3.8, 4) is 17.2 Å². The lowest BCUT2D eigenvalue weighted by molar-refractivity contribution is 0.466. The number of unbranched alkanes of at least 4 members (excludes halogenated alkanes) is 5. The van der Waals surface area contributed by atoms with E-state index >= 15 is 0 Å². The Kier molecular flexibility index (Phi) is 9.79. The molecule has 3 aromatic rings. The zero-order chi connectivity index (χ0) is 31.2. The molecule has 0 heterocycles. The maximum absolute atomic E-state index is 10.7. The molecule has 222 valence electrons. The Morgan fingerprint density at radius 3 is 1.40 bits per heavy atom. The van der Waals surface area contributed by atoms with E-state index in [2.05, 4.69) is 6.92 Å². The molecule has 3 rings (SSSR count).